The average molecular weight is 189 g/mol. The van der Waals surface area contributed by atoms with Crippen molar-refractivity contribution < 1.29 is 9.59 Å². The summed E-state index contributed by atoms with van der Waals surface area (Å²) >= 11 is 0. The molecule has 0 aromatic carbocycles. The Hall–Kier alpha value is -2.04. The molecule has 2 heterocycles. The van der Waals surface area contributed by atoms with E-state index in [9.17, 15) is 9.59 Å². The molecule has 0 aliphatic rings. The fourth-order valence-electron chi connectivity index (χ4n) is 1.32. The molecule has 14 heavy (non-hydrogen) atoms. The monoisotopic (exact) mass is 189 g/mol. The van der Waals surface area contributed by atoms with Gasteiger partial charge in [-0.15, -0.1) is 0 Å². The van der Waals surface area contributed by atoms with E-state index in [1.807, 2.05) is 0 Å². The van der Waals surface area contributed by atoms with Crippen molar-refractivity contribution >= 4 is 23.6 Å². The minimum Gasteiger partial charge on any atom is -0.346 e. The summed E-state index contributed by atoms with van der Waals surface area (Å²) in [6, 6.07) is 1.74. The van der Waals surface area contributed by atoms with Crippen LogP contribution in [0.4, 0.5) is 0 Å². The van der Waals surface area contributed by atoms with Gasteiger partial charge in [-0.25, -0.2) is 9.97 Å². The lowest BCUT2D eigenvalue weighted by Gasteiger charge is -2.01. The van der Waals surface area contributed by atoms with Gasteiger partial charge in [0.2, 0.25) is 0 Å². The number of rotatable bonds is 3. The summed E-state index contributed by atoms with van der Waals surface area (Å²) in [6.45, 7) is 0. The molecule has 1 N–H and O–H groups in total. The van der Waals surface area contributed by atoms with Gasteiger partial charge in [0, 0.05) is 11.6 Å². The minimum absolute atomic E-state index is 0.446. The van der Waals surface area contributed by atoms with Crippen molar-refractivity contribution in [3.63, 3.8) is 0 Å². The molecule has 0 fully saturated rings. The third-order valence-electron chi connectivity index (χ3n) is 1.99. The van der Waals surface area contributed by atoms with Crippen LogP contribution in [-0.2, 0) is 9.59 Å². The number of aldehydes is 2. The second kappa shape index (κ2) is 3.37. The number of carbonyl (C=O) groups is 2. The van der Waals surface area contributed by atoms with Gasteiger partial charge in [0.25, 0.3) is 0 Å². The Morgan fingerprint density at radius 1 is 1.29 bits per heavy atom. The number of aromatic nitrogens is 3. The van der Waals surface area contributed by atoms with Gasteiger partial charge in [0.05, 0.1) is 5.69 Å². The van der Waals surface area contributed by atoms with Crippen LogP contribution >= 0.6 is 0 Å². The summed E-state index contributed by atoms with van der Waals surface area (Å²) in [5, 5.41) is 0.705. The summed E-state index contributed by atoms with van der Waals surface area (Å²) < 4.78 is 0. The fourth-order valence-corrected chi connectivity index (χ4v) is 1.32. The highest BCUT2D eigenvalue weighted by molar-refractivity contribution is 5.91. The van der Waals surface area contributed by atoms with Crippen molar-refractivity contribution in [2.24, 2.45) is 0 Å². The van der Waals surface area contributed by atoms with E-state index in [0.29, 0.717) is 29.3 Å². The maximum absolute atomic E-state index is 10.6. The summed E-state index contributed by atoms with van der Waals surface area (Å²) in [4.78, 5) is 32.0. The lowest BCUT2D eigenvalue weighted by atomic mass is 10.1. The second-order valence-electron chi connectivity index (χ2n) is 2.80. The molecule has 0 bridgehead atoms. The topological polar surface area (TPSA) is 75.7 Å². The summed E-state index contributed by atoms with van der Waals surface area (Å²) in [6.07, 6.45) is 4.16. The number of carbonyl (C=O) groups excluding carboxylic acids is 2. The maximum atomic E-state index is 10.6. The van der Waals surface area contributed by atoms with Crippen molar-refractivity contribution in [3.8, 4) is 0 Å². The van der Waals surface area contributed by atoms with Crippen molar-refractivity contribution in [1.82, 2.24) is 15.0 Å². The lowest BCUT2D eigenvalue weighted by molar-refractivity contribution is -0.116. The van der Waals surface area contributed by atoms with E-state index in [0.717, 1.165) is 0 Å². The van der Waals surface area contributed by atoms with Crippen LogP contribution in [0.2, 0.25) is 0 Å². The van der Waals surface area contributed by atoms with Crippen molar-refractivity contribution in [2.75, 3.05) is 0 Å². The number of nitrogens with one attached hydrogen (secondary N) is 1. The van der Waals surface area contributed by atoms with Gasteiger partial charge in [-0.1, -0.05) is 0 Å². The predicted molar refractivity (Wildman–Crippen MR) is 48.8 cm³/mol. The Balaban J connectivity index is 2.65. The number of hydrogen-bond acceptors (Lipinski definition) is 4. The fraction of sp³-hybridized carbons (Fsp3) is 0.111. The van der Waals surface area contributed by atoms with Crippen LogP contribution in [0.15, 0.2) is 18.6 Å². The lowest BCUT2D eigenvalue weighted by Crippen LogP contribution is -2.04. The van der Waals surface area contributed by atoms with Gasteiger partial charge in [-0.2, -0.15) is 0 Å². The highest BCUT2D eigenvalue weighted by atomic mass is 16.1. The molecule has 0 amide bonds. The van der Waals surface area contributed by atoms with Gasteiger partial charge in [0.1, 0.15) is 30.5 Å². The Morgan fingerprint density at radius 2 is 2.07 bits per heavy atom. The number of H-pyrrole nitrogens is 1. The Bertz CT molecular complexity index is 470. The number of nitrogens with zero attached hydrogens (tertiary/aromatic N) is 2. The van der Waals surface area contributed by atoms with Gasteiger partial charge in [-0.05, 0) is 6.07 Å². The van der Waals surface area contributed by atoms with E-state index < -0.39 is 5.92 Å². The van der Waals surface area contributed by atoms with Crippen LogP contribution in [0.25, 0.3) is 11.0 Å². The van der Waals surface area contributed by atoms with E-state index in [1.54, 1.807) is 12.3 Å². The van der Waals surface area contributed by atoms with Crippen molar-refractivity contribution in [2.45, 2.75) is 5.92 Å². The van der Waals surface area contributed by atoms with Crippen LogP contribution in [0.1, 0.15) is 11.6 Å². The smallest absolute Gasteiger partial charge is 0.140 e. The first-order valence-electron chi connectivity index (χ1n) is 4.05. The molecule has 0 aliphatic carbocycles. The highest BCUT2D eigenvalue weighted by Crippen LogP contribution is 2.18. The van der Waals surface area contributed by atoms with E-state index in [2.05, 4.69) is 15.0 Å². The molecular formula is C9H7N3O2. The molecule has 5 heteroatoms. The molecule has 0 saturated carbocycles. The standard InChI is InChI=1S/C9H7N3O2/c13-3-6(4-14)8-7-1-2-10-9(7)12-5-11-8/h1-6H,(H,10,11,12). The highest BCUT2D eigenvalue weighted by Gasteiger charge is 2.14. The molecule has 2 aromatic rings. The summed E-state index contributed by atoms with van der Waals surface area (Å²) in [5.74, 6) is -0.809. The molecule has 0 radical (unpaired) electrons. The zero-order valence-corrected chi connectivity index (χ0v) is 7.18. The average Bonchev–Trinajstić information content (AvgIpc) is 2.68. The molecule has 2 rings (SSSR count). The van der Waals surface area contributed by atoms with E-state index in [-0.39, 0.29) is 0 Å². The number of fused-ring (bicyclic) bond motifs is 1. The summed E-state index contributed by atoms with van der Waals surface area (Å²) in [5.41, 5.74) is 1.07. The molecule has 0 aliphatic heterocycles. The maximum Gasteiger partial charge on any atom is 0.140 e. The third kappa shape index (κ3) is 1.19. The van der Waals surface area contributed by atoms with Gasteiger partial charge in [-0.3, -0.25) is 0 Å². The molecular weight excluding hydrogens is 182 g/mol. The normalized spacial score (nSPS) is 10.6. The van der Waals surface area contributed by atoms with Crippen molar-refractivity contribution in [3.05, 3.63) is 24.3 Å². The second-order valence-corrected chi connectivity index (χ2v) is 2.80. The molecule has 0 atom stereocenters. The van der Waals surface area contributed by atoms with Crippen LogP contribution in [-0.4, -0.2) is 27.5 Å². The molecule has 0 unspecified atom stereocenters. The van der Waals surface area contributed by atoms with E-state index >= 15 is 0 Å². The Morgan fingerprint density at radius 3 is 2.79 bits per heavy atom. The van der Waals surface area contributed by atoms with Gasteiger partial charge >= 0.3 is 0 Å². The SMILES string of the molecule is O=CC(C=O)c1ncnc2[nH]ccc12. The van der Waals surface area contributed by atoms with Crippen LogP contribution in [0.5, 0.6) is 0 Å². The molecule has 0 saturated heterocycles. The van der Waals surface area contributed by atoms with Gasteiger partial charge < -0.3 is 14.6 Å². The Kier molecular flexibility index (Phi) is 2.06. The van der Waals surface area contributed by atoms with Gasteiger partial charge in [0.15, 0.2) is 0 Å². The number of aromatic amines is 1. The van der Waals surface area contributed by atoms with Crippen LogP contribution in [0.3, 0.4) is 0 Å². The molecule has 2 aromatic heterocycles. The molecule has 70 valence electrons. The van der Waals surface area contributed by atoms with E-state index in [4.69, 9.17) is 0 Å². The molecule has 0 spiro atoms. The largest absolute Gasteiger partial charge is 0.346 e. The first kappa shape index (κ1) is 8.55. The zero-order chi connectivity index (χ0) is 9.97. The minimum atomic E-state index is -0.809. The third-order valence-corrected chi connectivity index (χ3v) is 1.99. The molecule has 5 nitrogen and oxygen atoms in total. The summed E-state index contributed by atoms with van der Waals surface area (Å²) in [7, 11) is 0. The quantitative estimate of drug-likeness (QED) is 0.561. The predicted octanol–water partition coefficient (Wildman–Crippen LogP) is 0.439. The van der Waals surface area contributed by atoms with Crippen LogP contribution in [0, 0.1) is 0 Å². The van der Waals surface area contributed by atoms with Crippen molar-refractivity contribution in [1.29, 1.82) is 0 Å². The first-order chi connectivity index (χ1) is 6.86. The van der Waals surface area contributed by atoms with Crippen LogP contribution < -0.4 is 0 Å². The zero-order valence-electron chi connectivity index (χ0n) is 7.18. The first-order valence-corrected chi connectivity index (χ1v) is 4.05. The Labute approximate surface area is 79.2 Å². The van der Waals surface area contributed by atoms with E-state index in [1.165, 1.54) is 6.33 Å². The number of hydrogen-bond donors (Lipinski definition) is 1.